The lowest BCUT2D eigenvalue weighted by molar-refractivity contribution is -0.174. The summed E-state index contributed by atoms with van der Waals surface area (Å²) in [4.78, 5) is 0. The minimum atomic E-state index is -4.23. The zero-order valence-corrected chi connectivity index (χ0v) is 9.99. The van der Waals surface area contributed by atoms with Gasteiger partial charge in [-0.1, -0.05) is 0 Å². The van der Waals surface area contributed by atoms with Crippen LogP contribution in [0.25, 0.3) is 0 Å². The number of hydrogen-bond acceptors (Lipinski definition) is 3. The number of methoxy groups -OCH3 is 1. The Hall–Kier alpha value is -0.330. The second-order valence-corrected chi connectivity index (χ2v) is 4.26. The molecule has 0 aliphatic rings. The van der Waals surface area contributed by atoms with Crippen LogP contribution < -0.4 is 5.32 Å². The fourth-order valence-corrected chi connectivity index (χ4v) is 1.20. The van der Waals surface area contributed by atoms with Crippen LogP contribution in [0, 0.1) is 0 Å². The third kappa shape index (κ3) is 10.2. The van der Waals surface area contributed by atoms with Crippen molar-refractivity contribution < 1.29 is 22.6 Å². The summed E-state index contributed by atoms with van der Waals surface area (Å²) >= 11 is 0. The second kappa shape index (κ2) is 7.09. The number of ether oxygens (including phenoxy) is 2. The minimum Gasteiger partial charge on any atom is -0.383 e. The molecule has 0 aromatic carbocycles. The van der Waals surface area contributed by atoms with Crippen molar-refractivity contribution in [2.45, 2.75) is 32.0 Å². The van der Waals surface area contributed by atoms with Gasteiger partial charge in [0, 0.05) is 19.3 Å². The maximum absolute atomic E-state index is 11.7. The molecular formula is C10H20F3NO2. The van der Waals surface area contributed by atoms with Crippen molar-refractivity contribution in [3.05, 3.63) is 0 Å². The van der Waals surface area contributed by atoms with Gasteiger partial charge in [-0.05, 0) is 26.8 Å². The highest BCUT2D eigenvalue weighted by Crippen LogP contribution is 2.14. The van der Waals surface area contributed by atoms with E-state index >= 15 is 0 Å². The van der Waals surface area contributed by atoms with Crippen LogP contribution in [-0.4, -0.2) is 45.2 Å². The fourth-order valence-electron chi connectivity index (χ4n) is 1.20. The van der Waals surface area contributed by atoms with E-state index in [2.05, 4.69) is 10.1 Å². The van der Waals surface area contributed by atoms with Gasteiger partial charge >= 0.3 is 6.18 Å². The highest BCUT2D eigenvalue weighted by Gasteiger charge is 2.27. The first-order chi connectivity index (χ1) is 7.27. The molecule has 0 aliphatic carbocycles. The summed E-state index contributed by atoms with van der Waals surface area (Å²) in [6.07, 6.45) is -3.69. The maximum atomic E-state index is 11.7. The molecule has 0 aromatic rings. The number of nitrogens with one attached hydrogen (secondary N) is 1. The van der Waals surface area contributed by atoms with E-state index in [4.69, 9.17) is 4.74 Å². The van der Waals surface area contributed by atoms with Crippen LogP contribution in [0.4, 0.5) is 13.2 Å². The summed E-state index contributed by atoms with van der Waals surface area (Å²) in [6.45, 7) is 4.02. The Kier molecular flexibility index (Phi) is 6.94. The highest BCUT2D eigenvalue weighted by atomic mass is 19.4. The van der Waals surface area contributed by atoms with Crippen molar-refractivity contribution in [2.24, 2.45) is 0 Å². The highest BCUT2D eigenvalue weighted by molar-refractivity contribution is 4.76. The van der Waals surface area contributed by atoms with Gasteiger partial charge in [-0.25, -0.2) is 0 Å². The van der Waals surface area contributed by atoms with Crippen LogP contribution in [-0.2, 0) is 9.47 Å². The molecule has 0 fully saturated rings. The van der Waals surface area contributed by atoms with Crippen molar-refractivity contribution in [1.82, 2.24) is 5.32 Å². The smallest absolute Gasteiger partial charge is 0.383 e. The van der Waals surface area contributed by atoms with Gasteiger partial charge in [0.05, 0.1) is 6.61 Å². The predicted molar refractivity (Wildman–Crippen MR) is 55.4 cm³/mol. The molecule has 0 saturated heterocycles. The van der Waals surface area contributed by atoms with Gasteiger partial charge in [-0.3, -0.25) is 0 Å². The average Bonchev–Trinajstić information content (AvgIpc) is 2.09. The summed E-state index contributed by atoms with van der Waals surface area (Å²) in [5.74, 6) is 0. The number of alkyl halides is 3. The largest absolute Gasteiger partial charge is 0.411 e. The van der Waals surface area contributed by atoms with E-state index in [1.54, 1.807) is 7.11 Å². The van der Waals surface area contributed by atoms with Crippen LogP contribution in [0.15, 0.2) is 0 Å². The SMILES string of the molecule is COCC(C)(C)NCCCOCC(F)(F)F. The predicted octanol–water partition coefficient (Wildman–Crippen LogP) is 1.97. The Balaban J connectivity index is 3.40. The molecule has 0 rings (SSSR count). The molecule has 0 radical (unpaired) electrons. The molecule has 0 unspecified atom stereocenters. The van der Waals surface area contributed by atoms with Crippen molar-refractivity contribution >= 4 is 0 Å². The molecule has 98 valence electrons. The van der Waals surface area contributed by atoms with Crippen LogP contribution in [0.3, 0.4) is 0 Å². The van der Waals surface area contributed by atoms with Gasteiger partial charge < -0.3 is 14.8 Å². The molecule has 0 heterocycles. The number of halogens is 3. The Morgan fingerprint density at radius 2 is 1.75 bits per heavy atom. The molecule has 1 N–H and O–H groups in total. The van der Waals surface area contributed by atoms with Gasteiger partial charge in [0.25, 0.3) is 0 Å². The van der Waals surface area contributed by atoms with E-state index in [-0.39, 0.29) is 12.1 Å². The quantitative estimate of drug-likeness (QED) is 0.661. The summed E-state index contributed by atoms with van der Waals surface area (Å²) in [5, 5.41) is 3.17. The Morgan fingerprint density at radius 1 is 1.12 bits per heavy atom. The molecule has 3 nitrogen and oxygen atoms in total. The van der Waals surface area contributed by atoms with Crippen molar-refractivity contribution in [2.75, 3.05) is 33.5 Å². The minimum absolute atomic E-state index is 0.107. The lowest BCUT2D eigenvalue weighted by Gasteiger charge is -2.25. The lowest BCUT2D eigenvalue weighted by atomic mass is 10.1. The Bertz CT molecular complexity index is 183. The normalized spacial score (nSPS) is 13.1. The zero-order chi connectivity index (χ0) is 12.7. The van der Waals surface area contributed by atoms with Crippen molar-refractivity contribution in [3.63, 3.8) is 0 Å². The first kappa shape index (κ1) is 15.7. The van der Waals surface area contributed by atoms with Crippen molar-refractivity contribution in [1.29, 1.82) is 0 Å². The van der Waals surface area contributed by atoms with Gasteiger partial charge in [-0.2, -0.15) is 13.2 Å². The van der Waals surface area contributed by atoms with Crippen LogP contribution in [0.5, 0.6) is 0 Å². The fraction of sp³-hybridized carbons (Fsp3) is 1.00. The number of rotatable bonds is 8. The van der Waals surface area contributed by atoms with E-state index in [0.29, 0.717) is 19.6 Å². The van der Waals surface area contributed by atoms with E-state index in [0.717, 1.165) is 0 Å². The lowest BCUT2D eigenvalue weighted by Crippen LogP contribution is -2.44. The van der Waals surface area contributed by atoms with E-state index in [9.17, 15) is 13.2 Å². The molecule has 0 saturated carbocycles. The van der Waals surface area contributed by atoms with E-state index in [1.807, 2.05) is 13.8 Å². The maximum Gasteiger partial charge on any atom is 0.411 e. The average molecular weight is 243 g/mol. The molecule has 6 heteroatoms. The van der Waals surface area contributed by atoms with Crippen LogP contribution in [0.1, 0.15) is 20.3 Å². The van der Waals surface area contributed by atoms with Gasteiger partial charge in [0.2, 0.25) is 0 Å². The van der Waals surface area contributed by atoms with E-state index < -0.39 is 12.8 Å². The third-order valence-electron chi connectivity index (χ3n) is 1.84. The topological polar surface area (TPSA) is 30.5 Å². The third-order valence-corrected chi connectivity index (χ3v) is 1.84. The molecule has 0 spiro atoms. The summed E-state index contributed by atoms with van der Waals surface area (Å²) in [7, 11) is 1.61. The Labute approximate surface area is 94.3 Å². The van der Waals surface area contributed by atoms with Gasteiger partial charge in [-0.15, -0.1) is 0 Å². The zero-order valence-electron chi connectivity index (χ0n) is 9.99. The molecule has 0 amide bonds. The van der Waals surface area contributed by atoms with Crippen molar-refractivity contribution in [3.8, 4) is 0 Å². The molecule has 0 aliphatic heterocycles. The molecule has 16 heavy (non-hydrogen) atoms. The monoisotopic (exact) mass is 243 g/mol. The van der Waals surface area contributed by atoms with Crippen LogP contribution in [0.2, 0.25) is 0 Å². The van der Waals surface area contributed by atoms with Crippen LogP contribution >= 0.6 is 0 Å². The second-order valence-electron chi connectivity index (χ2n) is 4.26. The number of hydrogen-bond donors (Lipinski definition) is 1. The van der Waals surface area contributed by atoms with Gasteiger partial charge in [0.1, 0.15) is 6.61 Å². The molecule has 0 aromatic heterocycles. The molecule has 0 atom stereocenters. The first-order valence-corrected chi connectivity index (χ1v) is 5.15. The van der Waals surface area contributed by atoms with Gasteiger partial charge in [0.15, 0.2) is 0 Å². The Morgan fingerprint density at radius 3 is 2.25 bits per heavy atom. The summed E-state index contributed by atoms with van der Waals surface area (Å²) < 4.78 is 44.6. The van der Waals surface area contributed by atoms with E-state index in [1.165, 1.54) is 0 Å². The standard InChI is InChI=1S/C10H20F3NO2/c1-9(2,7-15-3)14-5-4-6-16-8-10(11,12)13/h14H,4-8H2,1-3H3. The first-order valence-electron chi connectivity index (χ1n) is 5.15. The summed E-state index contributed by atoms with van der Waals surface area (Å²) in [5.41, 5.74) is -0.168. The summed E-state index contributed by atoms with van der Waals surface area (Å²) in [6, 6.07) is 0. The molecular weight excluding hydrogens is 223 g/mol. The molecule has 0 bridgehead atoms.